The SMILES string of the molecule is C[C@@H](NC(=O)c1cnccn1)c1cccc(F)c1. The Kier molecular flexibility index (Phi) is 3.62. The lowest BCUT2D eigenvalue weighted by atomic mass is 10.1. The number of benzene rings is 1. The fourth-order valence-electron chi connectivity index (χ4n) is 1.55. The van der Waals surface area contributed by atoms with E-state index in [9.17, 15) is 9.18 Å². The fourth-order valence-corrected chi connectivity index (χ4v) is 1.55. The highest BCUT2D eigenvalue weighted by atomic mass is 19.1. The lowest BCUT2D eigenvalue weighted by Crippen LogP contribution is -2.27. The zero-order chi connectivity index (χ0) is 13.0. The molecule has 1 aromatic heterocycles. The van der Waals surface area contributed by atoms with Gasteiger partial charge in [0.05, 0.1) is 12.2 Å². The molecule has 0 radical (unpaired) electrons. The third kappa shape index (κ3) is 2.88. The normalized spacial score (nSPS) is 11.9. The summed E-state index contributed by atoms with van der Waals surface area (Å²) in [5.41, 5.74) is 0.938. The van der Waals surface area contributed by atoms with E-state index in [-0.39, 0.29) is 23.5 Å². The summed E-state index contributed by atoms with van der Waals surface area (Å²) >= 11 is 0. The molecule has 1 atom stereocenters. The van der Waals surface area contributed by atoms with Crippen LogP contribution in [-0.4, -0.2) is 15.9 Å². The van der Waals surface area contributed by atoms with Crippen LogP contribution in [0.2, 0.25) is 0 Å². The molecule has 0 spiro atoms. The smallest absolute Gasteiger partial charge is 0.271 e. The number of carbonyl (C=O) groups is 1. The van der Waals surface area contributed by atoms with Crippen LogP contribution in [-0.2, 0) is 0 Å². The van der Waals surface area contributed by atoms with Gasteiger partial charge < -0.3 is 5.32 Å². The van der Waals surface area contributed by atoms with Crippen molar-refractivity contribution in [3.8, 4) is 0 Å². The maximum Gasteiger partial charge on any atom is 0.271 e. The first-order valence-electron chi connectivity index (χ1n) is 5.49. The van der Waals surface area contributed by atoms with Crippen LogP contribution >= 0.6 is 0 Å². The summed E-state index contributed by atoms with van der Waals surface area (Å²) < 4.78 is 13.1. The first-order chi connectivity index (χ1) is 8.66. The number of hydrogen-bond donors (Lipinski definition) is 1. The number of carbonyl (C=O) groups excluding carboxylic acids is 1. The summed E-state index contributed by atoms with van der Waals surface area (Å²) in [6, 6.07) is 5.82. The predicted octanol–water partition coefficient (Wildman–Crippen LogP) is 2.11. The molecule has 18 heavy (non-hydrogen) atoms. The van der Waals surface area contributed by atoms with Gasteiger partial charge in [-0.25, -0.2) is 9.37 Å². The summed E-state index contributed by atoms with van der Waals surface area (Å²) in [4.78, 5) is 19.5. The van der Waals surface area contributed by atoms with E-state index in [2.05, 4.69) is 15.3 Å². The monoisotopic (exact) mass is 245 g/mol. The number of aromatic nitrogens is 2. The zero-order valence-electron chi connectivity index (χ0n) is 9.80. The van der Waals surface area contributed by atoms with Crippen LogP contribution in [0.1, 0.15) is 29.0 Å². The Balaban J connectivity index is 2.08. The Morgan fingerprint density at radius 1 is 1.39 bits per heavy atom. The van der Waals surface area contributed by atoms with Gasteiger partial charge in [0.25, 0.3) is 5.91 Å². The Labute approximate surface area is 104 Å². The van der Waals surface area contributed by atoms with Crippen LogP contribution in [0.3, 0.4) is 0 Å². The van der Waals surface area contributed by atoms with E-state index in [1.807, 2.05) is 0 Å². The molecule has 0 fully saturated rings. The van der Waals surface area contributed by atoms with Gasteiger partial charge in [-0.05, 0) is 24.6 Å². The predicted molar refractivity (Wildman–Crippen MR) is 64.3 cm³/mol. The van der Waals surface area contributed by atoms with Crippen molar-refractivity contribution in [3.05, 3.63) is 59.9 Å². The van der Waals surface area contributed by atoms with Crippen molar-refractivity contribution >= 4 is 5.91 Å². The Bertz CT molecular complexity index is 545. The highest BCUT2D eigenvalue weighted by Crippen LogP contribution is 2.13. The van der Waals surface area contributed by atoms with Gasteiger partial charge in [0, 0.05) is 12.4 Å². The molecule has 1 aromatic carbocycles. The highest BCUT2D eigenvalue weighted by molar-refractivity contribution is 5.92. The molecular weight excluding hydrogens is 233 g/mol. The minimum Gasteiger partial charge on any atom is -0.344 e. The third-order valence-electron chi connectivity index (χ3n) is 2.49. The largest absolute Gasteiger partial charge is 0.344 e. The molecule has 0 aliphatic rings. The fraction of sp³-hybridized carbons (Fsp3) is 0.154. The van der Waals surface area contributed by atoms with Crippen LogP contribution in [0.15, 0.2) is 42.9 Å². The number of amides is 1. The minimum absolute atomic E-state index is 0.237. The Morgan fingerprint density at radius 3 is 2.89 bits per heavy atom. The molecule has 0 unspecified atom stereocenters. The number of nitrogens with one attached hydrogen (secondary N) is 1. The van der Waals surface area contributed by atoms with Gasteiger partial charge in [0.2, 0.25) is 0 Å². The van der Waals surface area contributed by atoms with Gasteiger partial charge >= 0.3 is 0 Å². The number of hydrogen-bond acceptors (Lipinski definition) is 3. The topological polar surface area (TPSA) is 54.9 Å². The number of rotatable bonds is 3. The quantitative estimate of drug-likeness (QED) is 0.901. The second kappa shape index (κ2) is 5.35. The standard InChI is InChI=1S/C13H12FN3O/c1-9(10-3-2-4-11(14)7-10)17-13(18)12-8-15-5-6-16-12/h2-9H,1H3,(H,17,18)/t9-/m1/s1. The van der Waals surface area contributed by atoms with Crippen LogP contribution in [0, 0.1) is 5.82 Å². The maximum absolute atomic E-state index is 13.1. The van der Waals surface area contributed by atoms with Crippen LogP contribution in [0.4, 0.5) is 4.39 Å². The minimum atomic E-state index is -0.333. The van der Waals surface area contributed by atoms with E-state index in [0.29, 0.717) is 5.56 Å². The van der Waals surface area contributed by atoms with Crippen molar-refractivity contribution < 1.29 is 9.18 Å². The lowest BCUT2D eigenvalue weighted by Gasteiger charge is -2.13. The Morgan fingerprint density at radius 2 is 2.22 bits per heavy atom. The molecule has 0 saturated carbocycles. The summed E-state index contributed by atoms with van der Waals surface area (Å²) in [5, 5.41) is 2.73. The molecular formula is C13H12FN3O. The zero-order valence-corrected chi connectivity index (χ0v) is 9.80. The van der Waals surface area contributed by atoms with E-state index < -0.39 is 0 Å². The van der Waals surface area contributed by atoms with E-state index in [0.717, 1.165) is 0 Å². The summed E-state index contributed by atoms with van der Waals surface area (Å²) in [7, 11) is 0. The Hall–Kier alpha value is -2.30. The molecule has 0 saturated heterocycles. The summed E-state index contributed by atoms with van der Waals surface area (Å²) in [6.07, 6.45) is 4.32. The molecule has 92 valence electrons. The first-order valence-corrected chi connectivity index (χ1v) is 5.49. The molecule has 1 amide bonds. The average Bonchev–Trinajstić information content (AvgIpc) is 2.39. The van der Waals surface area contributed by atoms with Crippen molar-refractivity contribution in [2.24, 2.45) is 0 Å². The van der Waals surface area contributed by atoms with Crippen molar-refractivity contribution in [1.82, 2.24) is 15.3 Å². The second-order valence-corrected chi connectivity index (χ2v) is 3.84. The van der Waals surface area contributed by atoms with Crippen LogP contribution < -0.4 is 5.32 Å². The van der Waals surface area contributed by atoms with E-state index in [4.69, 9.17) is 0 Å². The molecule has 5 heteroatoms. The highest BCUT2D eigenvalue weighted by Gasteiger charge is 2.12. The molecule has 4 nitrogen and oxygen atoms in total. The van der Waals surface area contributed by atoms with E-state index in [1.165, 1.54) is 30.7 Å². The van der Waals surface area contributed by atoms with Gasteiger partial charge in [-0.3, -0.25) is 9.78 Å². The molecule has 2 rings (SSSR count). The van der Waals surface area contributed by atoms with Crippen molar-refractivity contribution in [1.29, 1.82) is 0 Å². The van der Waals surface area contributed by atoms with E-state index in [1.54, 1.807) is 19.1 Å². The van der Waals surface area contributed by atoms with E-state index >= 15 is 0 Å². The molecule has 0 aliphatic heterocycles. The maximum atomic E-state index is 13.1. The molecule has 1 heterocycles. The molecule has 0 aliphatic carbocycles. The molecule has 1 N–H and O–H groups in total. The summed E-state index contributed by atoms with van der Waals surface area (Å²) in [5.74, 6) is -0.659. The van der Waals surface area contributed by atoms with Gasteiger partial charge in [-0.15, -0.1) is 0 Å². The van der Waals surface area contributed by atoms with Crippen molar-refractivity contribution in [2.75, 3.05) is 0 Å². The van der Waals surface area contributed by atoms with Gasteiger partial charge in [0.15, 0.2) is 0 Å². The second-order valence-electron chi connectivity index (χ2n) is 3.84. The first kappa shape index (κ1) is 12.2. The van der Waals surface area contributed by atoms with Gasteiger partial charge in [0.1, 0.15) is 11.5 Å². The van der Waals surface area contributed by atoms with Crippen molar-refractivity contribution in [2.45, 2.75) is 13.0 Å². The number of nitrogens with zero attached hydrogens (tertiary/aromatic N) is 2. The average molecular weight is 245 g/mol. The third-order valence-corrected chi connectivity index (χ3v) is 2.49. The van der Waals surface area contributed by atoms with Crippen molar-refractivity contribution in [3.63, 3.8) is 0 Å². The molecule has 2 aromatic rings. The lowest BCUT2D eigenvalue weighted by molar-refractivity contribution is 0.0934. The summed E-state index contributed by atoms with van der Waals surface area (Å²) in [6.45, 7) is 1.78. The van der Waals surface area contributed by atoms with Crippen LogP contribution in [0.25, 0.3) is 0 Å². The van der Waals surface area contributed by atoms with Gasteiger partial charge in [-0.1, -0.05) is 12.1 Å². The molecule has 0 bridgehead atoms. The number of halogens is 1. The van der Waals surface area contributed by atoms with Gasteiger partial charge in [-0.2, -0.15) is 0 Å². The van der Waals surface area contributed by atoms with Crippen LogP contribution in [0.5, 0.6) is 0 Å².